The lowest BCUT2D eigenvalue weighted by atomic mass is 9.99. The van der Waals surface area contributed by atoms with Crippen molar-refractivity contribution < 1.29 is 13.6 Å². The number of benzene rings is 2. The molecule has 11 nitrogen and oxygen atoms in total. The zero-order valence-electron chi connectivity index (χ0n) is 25.5. The van der Waals surface area contributed by atoms with Gasteiger partial charge in [0.1, 0.15) is 23.0 Å². The largest absolute Gasteiger partial charge is 0.378 e. The van der Waals surface area contributed by atoms with Crippen molar-refractivity contribution in [3.63, 3.8) is 0 Å². The van der Waals surface area contributed by atoms with E-state index in [1.54, 1.807) is 17.2 Å². The number of hydrogen-bond donors (Lipinski definition) is 1. The predicted octanol–water partition coefficient (Wildman–Crippen LogP) is 4.58. The number of carbonyl (C=O) groups excluding carboxylic acids is 1. The van der Waals surface area contributed by atoms with E-state index in [1.165, 1.54) is 33.5 Å². The van der Waals surface area contributed by atoms with Crippen LogP contribution in [-0.2, 0) is 11.3 Å². The highest BCUT2D eigenvalue weighted by atomic mass is 19.1. The smallest absolute Gasteiger partial charge is 0.355 e. The molecule has 0 unspecified atom stereocenters. The van der Waals surface area contributed by atoms with Gasteiger partial charge in [-0.1, -0.05) is 43.8 Å². The van der Waals surface area contributed by atoms with Gasteiger partial charge in [0.15, 0.2) is 11.5 Å². The van der Waals surface area contributed by atoms with E-state index < -0.39 is 17.3 Å². The van der Waals surface area contributed by atoms with Gasteiger partial charge < -0.3 is 15.1 Å². The third kappa shape index (κ3) is 4.70. The van der Waals surface area contributed by atoms with Crippen LogP contribution in [0.4, 0.5) is 20.3 Å². The molecule has 5 heterocycles. The summed E-state index contributed by atoms with van der Waals surface area (Å²) in [6, 6.07) is 11.0. The first-order valence-electron chi connectivity index (χ1n) is 15.0. The van der Waals surface area contributed by atoms with E-state index in [0.717, 1.165) is 5.56 Å². The maximum Gasteiger partial charge on any atom is 0.355 e. The zero-order chi connectivity index (χ0) is 32.3. The lowest BCUT2D eigenvalue weighted by Gasteiger charge is -2.40. The first-order valence-corrected chi connectivity index (χ1v) is 15.0. The zero-order valence-corrected chi connectivity index (χ0v) is 25.5. The van der Waals surface area contributed by atoms with E-state index in [0.29, 0.717) is 36.7 Å². The van der Waals surface area contributed by atoms with Crippen molar-refractivity contribution in [3.05, 3.63) is 94.7 Å². The van der Waals surface area contributed by atoms with Crippen molar-refractivity contribution in [2.24, 2.45) is 0 Å². The fourth-order valence-corrected chi connectivity index (χ4v) is 6.34. The van der Waals surface area contributed by atoms with Gasteiger partial charge in [0.25, 0.3) is 0 Å². The Morgan fingerprint density at radius 3 is 2.67 bits per heavy atom. The van der Waals surface area contributed by atoms with Crippen LogP contribution in [0, 0.1) is 11.6 Å². The molecule has 1 N–H and O–H groups in total. The number of fused-ring (bicyclic) bond motifs is 8. The van der Waals surface area contributed by atoms with E-state index in [9.17, 15) is 9.59 Å². The number of para-hydroxylation sites is 1. The molecule has 1 saturated heterocycles. The molecule has 0 saturated carbocycles. The normalized spacial score (nSPS) is 15.9. The Morgan fingerprint density at radius 2 is 1.91 bits per heavy atom. The van der Waals surface area contributed by atoms with Crippen molar-refractivity contribution in [1.29, 1.82) is 0 Å². The molecular weight excluding hydrogens is 592 g/mol. The average Bonchev–Trinajstić information content (AvgIpc) is 3.52. The van der Waals surface area contributed by atoms with E-state index in [2.05, 4.69) is 27.2 Å². The van der Waals surface area contributed by atoms with Crippen LogP contribution >= 0.6 is 0 Å². The molecule has 2 aliphatic rings. The van der Waals surface area contributed by atoms with Gasteiger partial charge in [-0.15, -0.1) is 5.10 Å². The Morgan fingerprint density at radius 1 is 1.11 bits per heavy atom. The second-order valence-electron chi connectivity index (χ2n) is 11.8. The minimum absolute atomic E-state index is 0.0245. The topological polar surface area (TPSA) is 114 Å². The van der Waals surface area contributed by atoms with Crippen LogP contribution in [0.3, 0.4) is 0 Å². The van der Waals surface area contributed by atoms with Gasteiger partial charge in [0.05, 0.1) is 40.8 Å². The van der Waals surface area contributed by atoms with Crippen LogP contribution in [0.15, 0.2) is 66.1 Å². The van der Waals surface area contributed by atoms with E-state index >= 15 is 8.78 Å². The Bertz CT molecular complexity index is 2110. The van der Waals surface area contributed by atoms with Crippen LogP contribution in [0.2, 0.25) is 0 Å². The van der Waals surface area contributed by atoms with Crippen LogP contribution in [-0.4, -0.2) is 66.0 Å². The lowest BCUT2D eigenvalue weighted by molar-refractivity contribution is -0.126. The molecule has 4 bridgehead atoms. The number of pyridine rings is 1. The maximum atomic E-state index is 16.4. The van der Waals surface area contributed by atoms with Crippen LogP contribution in [0.25, 0.3) is 33.7 Å². The third-order valence-corrected chi connectivity index (χ3v) is 8.58. The van der Waals surface area contributed by atoms with Crippen LogP contribution < -0.4 is 15.9 Å². The monoisotopic (exact) mass is 623 g/mol. The molecule has 46 heavy (non-hydrogen) atoms. The van der Waals surface area contributed by atoms with Gasteiger partial charge >= 0.3 is 5.69 Å². The Labute approximate surface area is 262 Å². The van der Waals surface area contributed by atoms with E-state index in [-0.39, 0.29) is 58.2 Å². The molecule has 2 aromatic carbocycles. The lowest BCUT2D eigenvalue weighted by Crippen LogP contribution is -2.54. The summed E-state index contributed by atoms with van der Waals surface area (Å²) in [6.07, 6.45) is 2.91. The highest BCUT2D eigenvalue weighted by Gasteiger charge is 2.31. The summed E-state index contributed by atoms with van der Waals surface area (Å²) < 4.78 is 34.9. The van der Waals surface area contributed by atoms with Crippen molar-refractivity contribution in [1.82, 2.24) is 34.4 Å². The number of halogens is 2. The molecule has 0 spiro atoms. The Balaban J connectivity index is 1.57. The molecule has 7 rings (SSSR count). The molecular formula is C33H31F2N9O2. The second-order valence-corrected chi connectivity index (χ2v) is 11.8. The number of anilines is 2. The highest BCUT2D eigenvalue weighted by Crippen LogP contribution is 2.37. The van der Waals surface area contributed by atoms with Crippen molar-refractivity contribution in [3.8, 4) is 22.6 Å². The SMILES string of the molecule is C=CC(=O)N1CCN(c2nc(=O)n3c4nc(c(F)cc24)-c2c(F)cccc2-n2cc(nn2)CNc2cccc(C(C)C)c2-3)[C@@H](C)C1. The molecule has 0 aliphatic carbocycles. The maximum absolute atomic E-state index is 16.4. The van der Waals surface area contributed by atoms with Gasteiger partial charge in [0.2, 0.25) is 5.91 Å². The molecule has 0 radical (unpaired) electrons. The average molecular weight is 624 g/mol. The Kier molecular flexibility index (Phi) is 7.10. The van der Waals surface area contributed by atoms with E-state index in [4.69, 9.17) is 4.98 Å². The number of nitrogens with one attached hydrogen (secondary N) is 1. The first-order chi connectivity index (χ1) is 22.2. The molecule has 1 fully saturated rings. The number of carbonyl (C=O) groups is 1. The van der Waals surface area contributed by atoms with Gasteiger partial charge in [-0.2, -0.15) is 4.98 Å². The minimum atomic E-state index is -0.800. The number of amides is 1. The molecule has 2 aliphatic heterocycles. The number of hydrogen-bond acceptors (Lipinski definition) is 8. The van der Waals surface area contributed by atoms with Gasteiger partial charge in [-0.05, 0) is 48.7 Å². The van der Waals surface area contributed by atoms with Crippen molar-refractivity contribution >= 4 is 28.4 Å². The molecule has 5 aromatic rings. The summed E-state index contributed by atoms with van der Waals surface area (Å²) in [4.78, 5) is 39.5. The molecule has 1 amide bonds. The summed E-state index contributed by atoms with van der Waals surface area (Å²) in [5.74, 6) is -1.49. The molecule has 234 valence electrons. The second kappa shape index (κ2) is 11.2. The quantitative estimate of drug-likeness (QED) is 0.291. The number of nitrogens with zero attached hydrogens (tertiary/aromatic N) is 8. The predicted molar refractivity (Wildman–Crippen MR) is 170 cm³/mol. The number of aromatic nitrogens is 6. The van der Waals surface area contributed by atoms with Gasteiger partial charge in [-0.3, -0.25) is 4.79 Å². The summed E-state index contributed by atoms with van der Waals surface area (Å²) >= 11 is 0. The summed E-state index contributed by atoms with van der Waals surface area (Å²) in [6.45, 7) is 10.8. The van der Waals surface area contributed by atoms with Gasteiger partial charge in [-0.25, -0.2) is 27.8 Å². The standard InChI is InChI=1S/C33H31F2N9O2/c1-5-27(45)41-12-13-42(19(4)16-41)31-22-14-24(35)29-28-23(34)9-7-11-26(28)43-17-20(39-40-43)15-36-25-10-6-8-21(18(2)3)30(25)44(32(22)37-29)33(46)38-31/h5-11,14,17-19,36H,1,12-13,15-16H2,2-4H3/t19-/m0/s1. The number of rotatable bonds is 3. The summed E-state index contributed by atoms with van der Waals surface area (Å²) in [7, 11) is 0. The van der Waals surface area contributed by atoms with Crippen LogP contribution in [0.1, 0.15) is 37.9 Å². The summed E-state index contributed by atoms with van der Waals surface area (Å²) in [5.41, 5.74) is 1.81. The fourth-order valence-electron chi connectivity index (χ4n) is 6.34. The summed E-state index contributed by atoms with van der Waals surface area (Å²) in [5, 5.41) is 12.1. The van der Waals surface area contributed by atoms with Crippen LogP contribution in [0.5, 0.6) is 0 Å². The molecule has 3 aromatic heterocycles. The van der Waals surface area contributed by atoms with Crippen molar-refractivity contribution in [2.45, 2.75) is 39.3 Å². The molecule has 1 atom stereocenters. The van der Waals surface area contributed by atoms with E-state index in [1.807, 2.05) is 43.9 Å². The molecule has 13 heteroatoms. The van der Waals surface area contributed by atoms with Gasteiger partial charge in [0, 0.05) is 25.7 Å². The highest BCUT2D eigenvalue weighted by molar-refractivity contribution is 5.92. The fraction of sp³-hybridized carbons (Fsp3) is 0.273. The first kappa shape index (κ1) is 29.3. The third-order valence-electron chi connectivity index (χ3n) is 8.58. The number of piperazine rings is 1. The minimum Gasteiger partial charge on any atom is -0.378 e. The van der Waals surface area contributed by atoms with Crippen molar-refractivity contribution in [2.75, 3.05) is 29.9 Å². The Hall–Kier alpha value is -5.46.